The number of fused-ring (bicyclic) bond motifs is 3. The van der Waals surface area contributed by atoms with Gasteiger partial charge in [0.15, 0.2) is 0 Å². The van der Waals surface area contributed by atoms with Gasteiger partial charge in [-0.1, -0.05) is 170 Å². The van der Waals surface area contributed by atoms with Crippen LogP contribution in [-0.4, -0.2) is 12.9 Å². The highest BCUT2D eigenvalue weighted by molar-refractivity contribution is 5.98. The van der Waals surface area contributed by atoms with Crippen LogP contribution in [0.3, 0.4) is 0 Å². The smallest absolute Gasteiger partial charge is 0.128 e. The number of nitrogens with zero attached hydrogens (tertiary/aromatic N) is 1. The van der Waals surface area contributed by atoms with Crippen LogP contribution in [0.4, 0.5) is 0 Å². The van der Waals surface area contributed by atoms with Gasteiger partial charge in [-0.25, -0.2) is 15.8 Å². The van der Waals surface area contributed by atoms with Crippen LogP contribution in [0.2, 0.25) is 0 Å². The Kier molecular flexibility index (Phi) is 11.4. The van der Waals surface area contributed by atoms with E-state index in [9.17, 15) is 0 Å². The number of hydrazine groups is 1. The SMILES string of the molecule is CN/C(=C\C(NNC(N)c1ccc(C(/N=C(\N)c2ccccc2)NCc2ccccc2)c2ccccc12)c1ccc2ccccc2c1)c1ccc2ccccc2c1. The third kappa shape index (κ3) is 8.63. The van der Waals surface area contributed by atoms with Gasteiger partial charge in [0.25, 0.3) is 0 Å². The first-order valence-electron chi connectivity index (χ1n) is 19.4. The topological polar surface area (TPSA) is 113 Å². The molecule has 0 aromatic heterocycles. The molecule has 0 amide bonds. The molecule has 0 aliphatic carbocycles. The van der Waals surface area contributed by atoms with Crippen molar-refractivity contribution in [1.29, 1.82) is 0 Å². The molecule has 3 unspecified atom stereocenters. The lowest BCUT2D eigenvalue weighted by atomic mass is 9.96. The van der Waals surface area contributed by atoms with E-state index in [1.165, 1.54) is 21.5 Å². The molecule has 8 aromatic carbocycles. The van der Waals surface area contributed by atoms with Crippen LogP contribution in [0.1, 0.15) is 51.8 Å². The summed E-state index contributed by atoms with van der Waals surface area (Å²) in [4.78, 5) is 5.06. The van der Waals surface area contributed by atoms with Crippen LogP contribution in [-0.2, 0) is 6.54 Å². The number of nitrogens with two attached hydrogens (primary N) is 2. The molecular weight excluding hydrogens is 699 g/mol. The Hall–Kier alpha value is -6.61. The zero-order valence-corrected chi connectivity index (χ0v) is 31.9. The summed E-state index contributed by atoms with van der Waals surface area (Å²) in [7, 11) is 1.96. The predicted octanol–water partition coefficient (Wildman–Crippen LogP) is 9.39. The van der Waals surface area contributed by atoms with Crippen molar-refractivity contribution in [1.82, 2.24) is 21.5 Å². The third-order valence-corrected chi connectivity index (χ3v) is 10.5. The van der Waals surface area contributed by atoms with Crippen LogP contribution in [0.25, 0.3) is 38.0 Å². The fraction of sp³-hybridized carbons (Fsp3) is 0.100. The summed E-state index contributed by atoms with van der Waals surface area (Å²) in [5.74, 6) is 0.467. The van der Waals surface area contributed by atoms with Gasteiger partial charge in [0.05, 0.1) is 12.2 Å². The maximum absolute atomic E-state index is 7.06. The molecule has 0 radical (unpaired) electrons. The van der Waals surface area contributed by atoms with Crippen molar-refractivity contribution in [2.45, 2.75) is 24.9 Å². The molecule has 282 valence electrons. The van der Waals surface area contributed by atoms with Gasteiger partial charge in [-0.3, -0.25) is 5.32 Å². The number of amidine groups is 1. The molecule has 8 rings (SSSR count). The maximum atomic E-state index is 7.06. The molecule has 7 heteroatoms. The number of hydrogen-bond donors (Lipinski definition) is 6. The van der Waals surface area contributed by atoms with E-state index in [1.54, 1.807) is 0 Å². The summed E-state index contributed by atoms with van der Waals surface area (Å²) in [6, 6.07) is 62.5. The van der Waals surface area contributed by atoms with Crippen molar-refractivity contribution in [3.63, 3.8) is 0 Å². The summed E-state index contributed by atoms with van der Waals surface area (Å²) in [6.07, 6.45) is 1.25. The first-order valence-corrected chi connectivity index (χ1v) is 19.4. The van der Waals surface area contributed by atoms with Crippen LogP contribution >= 0.6 is 0 Å². The Balaban J connectivity index is 1.12. The van der Waals surface area contributed by atoms with Crippen LogP contribution in [0, 0.1) is 0 Å². The lowest BCUT2D eigenvalue weighted by molar-refractivity contribution is 0.421. The highest BCUT2D eigenvalue weighted by atomic mass is 15.4. The largest absolute Gasteiger partial charge is 0.388 e. The molecule has 0 aliphatic rings. The average Bonchev–Trinajstić information content (AvgIpc) is 3.27. The molecule has 7 nitrogen and oxygen atoms in total. The standard InChI is InChI=1S/C50H47N7/c1-53-46(40-26-24-35-16-8-10-20-38(35)30-40)32-47(41-27-25-36-17-9-11-21-39(36)31-41)56-57-49(52)44-28-29-45(43-23-13-12-22-42(43)44)50(54-33-34-14-4-2-5-15-34)55-48(51)37-18-6-3-7-19-37/h2-32,47,49-50,53-54,56-57H,33,52H2,1H3,(H2,51,55)/b46-32-. The maximum Gasteiger partial charge on any atom is 0.128 e. The van der Waals surface area contributed by atoms with Gasteiger partial charge in [0.2, 0.25) is 0 Å². The molecule has 3 atom stereocenters. The van der Waals surface area contributed by atoms with Gasteiger partial charge in [-0.05, 0) is 78.3 Å². The fourth-order valence-electron chi connectivity index (χ4n) is 7.44. The zero-order chi connectivity index (χ0) is 39.0. The minimum Gasteiger partial charge on any atom is -0.388 e. The number of benzene rings is 8. The van der Waals surface area contributed by atoms with Crippen molar-refractivity contribution < 1.29 is 0 Å². The highest BCUT2D eigenvalue weighted by Gasteiger charge is 2.20. The third-order valence-electron chi connectivity index (χ3n) is 10.5. The molecule has 0 heterocycles. The molecule has 0 spiro atoms. The number of rotatable bonds is 14. The van der Waals surface area contributed by atoms with Gasteiger partial charge < -0.3 is 16.8 Å². The second-order valence-electron chi connectivity index (χ2n) is 14.2. The summed E-state index contributed by atoms with van der Waals surface area (Å²) in [5.41, 5.74) is 28.0. The summed E-state index contributed by atoms with van der Waals surface area (Å²) in [6.45, 7) is 0.621. The Morgan fingerprint density at radius 1 is 0.579 bits per heavy atom. The Bertz CT molecular complexity index is 2670. The molecule has 0 aliphatic heterocycles. The Morgan fingerprint density at radius 2 is 1.16 bits per heavy atom. The predicted molar refractivity (Wildman–Crippen MR) is 238 cm³/mol. The lowest BCUT2D eigenvalue weighted by Gasteiger charge is -2.25. The van der Waals surface area contributed by atoms with Crippen molar-refractivity contribution in [3.8, 4) is 0 Å². The van der Waals surface area contributed by atoms with Crippen molar-refractivity contribution in [2.75, 3.05) is 7.05 Å². The van der Waals surface area contributed by atoms with E-state index >= 15 is 0 Å². The van der Waals surface area contributed by atoms with Crippen molar-refractivity contribution >= 4 is 43.9 Å². The second kappa shape index (κ2) is 17.5. The monoisotopic (exact) mass is 745 g/mol. The van der Waals surface area contributed by atoms with Crippen molar-refractivity contribution in [3.05, 3.63) is 221 Å². The van der Waals surface area contributed by atoms with Gasteiger partial charge in [0.1, 0.15) is 12.0 Å². The van der Waals surface area contributed by atoms with Crippen LogP contribution < -0.4 is 33.0 Å². The van der Waals surface area contributed by atoms with E-state index in [2.05, 4.69) is 155 Å². The van der Waals surface area contributed by atoms with E-state index in [-0.39, 0.29) is 6.04 Å². The molecule has 57 heavy (non-hydrogen) atoms. The quantitative estimate of drug-likeness (QED) is 0.0286. The number of hydrogen-bond acceptors (Lipinski definition) is 6. The van der Waals surface area contributed by atoms with E-state index in [0.29, 0.717) is 12.4 Å². The first kappa shape index (κ1) is 37.3. The van der Waals surface area contributed by atoms with Gasteiger partial charge in [0, 0.05) is 24.9 Å². The van der Waals surface area contributed by atoms with Crippen LogP contribution in [0.5, 0.6) is 0 Å². The van der Waals surface area contributed by atoms with Gasteiger partial charge in [-0.2, -0.15) is 0 Å². The lowest BCUT2D eigenvalue weighted by Crippen LogP contribution is -2.41. The van der Waals surface area contributed by atoms with E-state index < -0.39 is 12.3 Å². The van der Waals surface area contributed by atoms with Gasteiger partial charge >= 0.3 is 0 Å². The Morgan fingerprint density at radius 3 is 1.86 bits per heavy atom. The van der Waals surface area contributed by atoms with E-state index in [1.807, 2.05) is 61.6 Å². The van der Waals surface area contributed by atoms with Crippen molar-refractivity contribution in [2.24, 2.45) is 16.5 Å². The average molecular weight is 746 g/mol. The Labute approximate surface area is 334 Å². The molecule has 0 fully saturated rings. The number of nitrogens with one attached hydrogen (secondary N) is 4. The summed E-state index contributed by atoms with van der Waals surface area (Å²) in [5, 5.41) is 14.0. The molecule has 8 N–H and O–H groups in total. The summed E-state index contributed by atoms with van der Waals surface area (Å²) < 4.78 is 0. The van der Waals surface area contributed by atoms with Crippen LogP contribution in [0.15, 0.2) is 193 Å². The first-order chi connectivity index (χ1) is 28.0. The van der Waals surface area contributed by atoms with E-state index in [4.69, 9.17) is 16.5 Å². The fourth-order valence-corrected chi connectivity index (χ4v) is 7.44. The minimum absolute atomic E-state index is 0.234. The summed E-state index contributed by atoms with van der Waals surface area (Å²) >= 11 is 0. The molecule has 0 bridgehead atoms. The number of aliphatic imine (C=N–C) groups is 1. The molecular formula is C50H47N7. The second-order valence-corrected chi connectivity index (χ2v) is 14.2. The molecule has 0 saturated heterocycles. The molecule has 0 saturated carbocycles. The van der Waals surface area contributed by atoms with Gasteiger partial charge in [-0.15, -0.1) is 0 Å². The minimum atomic E-state index is -0.548. The highest BCUT2D eigenvalue weighted by Crippen LogP contribution is 2.31. The normalized spacial score (nSPS) is 13.8. The van der Waals surface area contributed by atoms with E-state index in [0.717, 1.165) is 49.9 Å². The zero-order valence-electron chi connectivity index (χ0n) is 31.9. The molecule has 8 aromatic rings.